The quantitative estimate of drug-likeness (QED) is 0.400. The molecular weight excluding hydrogens is 152 g/mol. The maximum atomic E-state index is 0. The summed E-state index contributed by atoms with van der Waals surface area (Å²) in [7, 11) is 0. The van der Waals surface area contributed by atoms with Crippen molar-refractivity contribution in [1.82, 2.24) is 0 Å². The van der Waals surface area contributed by atoms with Gasteiger partial charge in [0.2, 0.25) is 0 Å². The minimum atomic E-state index is 0. The van der Waals surface area contributed by atoms with Crippen molar-refractivity contribution in [2.45, 2.75) is 0 Å². The molecular formula is CaFeMgO2+2. The van der Waals surface area contributed by atoms with Gasteiger partial charge in [-0.05, 0) is 0 Å². The molecule has 0 radical (unpaired) electrons. The third-order valence-corrected chi connectivity index (χ3v) is 0. The normalized spacial score (nSPS) is 0. The Morgan fingerprint density at radius 1 is 0.800 bits per heavy atom. The molecule has 0 aliphatic carbocycles. The number of rotatable bonds is 0. The van der Waals surface area contributed by atoms with Crippen molar-refractivity contribution in [3.05, 3.63) is 0 Å². The molecule has 2 nitrogen and oxygen atoms in total. The molecule has 0 aromatic rings. The summed E-state index contributed by atoms with van der Waals surface area (Å²) in [5.74, 6) is 0. The fourth-order valence-electron chi connectivity index (χ4n) is 0. The molecule has 0 heterocycles. The summed E-state index contributed by atoms with van der Waals surface area (Å²) in [5.41, 5.74) is 0. The van der Waals surface area contributed by atoms with Crippen LogP contribution in [0.25, 0.3) is 0 Å². The molecule has 0 unspecified atom stereocenters. The summed E-state index contributed by atoms with van der Waals surface area (Å²) in [6, 6.07) is 0. The molecule has 0 saturated heterocycles. The van der Waals surface area contributed by atoms with Gasteiger partial charge in [-0.3, -0.25) is 0 Å². The van der Waals surface area contributed by atoms with Gasteiger partial charge in [0.1, 0.15) is 0 Å². The van der Waals surface area contributed by atoms with Crippen LogP contribution >= 0.6 is 0 Å². The summed E-state index contributed by atoms with van der Waals surface area (Å²) in [6.07, 6.45) is 0. The maximum absolute atomic E-state index is 0. The Morgan fingerprint density at radius 3 is 0.800 bits per heavy atom. The van der Waals surface area contributed by atoms with E-state index in [1.165, 1.54) is 0 Å². The molecule has 5 heavy (non-hydrogen) atoms. The largest absolute Gasteiger partial charge is 2.00 e. The predicted molar refractivity (Wildman–Crippen MR) is 12.9 cm³/mol. The van der Waals surface area contributed by atoms with Crippen LogP contribution in [0.1, 0.15) is 0 Å². The smallest absolute Gasteiger partial charge is 2.00 e. The van der Waals surface area contributed by atoms with E-state index >= 15 is 0 Å². The van der Waals surface area contributed by atoms with Crippen LogP contribution in [0.5, 0.6) is 0 Å². The predicted octanol–water partition coefficient (Wildman–Crippen LogP) is -1.00. The molecule has 0 bridgehead atoms. The average Bonchev–Trinajstić information content (AvgIpc) is 0. The van der Waals surface area contributed by atoms with Gasteiger partial charge in [0.15, 0.2) is 0 Å². The second-order valence-electron chi connectivity index (χ2n) is 0. The van der Waals surface area contributed by atoms with Crippen LogP contribution in [0.3, 0.4) is 0 Å². The fraction of sp³-hybridized carbons (Fsp3) is 0. The van der Waals surface area contributed by atoms with Gasteiger partial charge in [0, 0.05) is 0 Å². The standard InChI is InChI=1S/Ca.Fe.Mg.2O/q3*+2;2*-2. The van der Waals surface area contributed by atoms with E-state index in [4.69, 9.17) is 0 Å². The van der Waals surface area contributed by atoms with Crippen LogP contribution in [0.2, 0.25) is 0 Å². The summed E-state index contributed by atoms with van der Waals surface area (Å²) in [5, 5.41) is 0. The first-order valence-electron chi connectivity index (χ1n) is 0. The van der Waals surface area contributed by atoms with Gasteiger partial charge >= 0.3 is 77.9 Å². The molecule has 0 spiro atoms. The number of hydrogen-bond donors (Lipinski definition) is 0. The van der Waals surface area contributed by atoms with Gasteiger partial charge < -0.3 is 11.0 Å². The van der Waals surface area contributed by atoms with E-state index in [0.29, 0.717) is 0 Å². The van der Waals surface area contributed by atoms with Gasteiger partial charge in [0.25, 0.3) is 0 Å². The molecule has 0 rings (SSSR count). The Kier molecular flexibility index (Phi) is 326. The van der Waals surface area contributed by atoms with Crippen LogP contribution < -0.4 is 0 Å². The van der Waals surface area contributed by atoms with E-state index < -0.39 is 0 Å². The molecule has 0 amide bonds. The summed E-state index contributed by atoms with van der Waals surface area (Å²) in [6.45, 7) is 0. The topological polar surface area (TPSA) is 57.0 Å². The van der Waals surface area contributed by atoms with Crippen molar-refractivity contribution in [2.24, 2.45) is 0 Å². The van der Waals surface area contributed by atoms with Gasteiger partial charge in [0.05, 0.1) is 0 Å². The van der Waals surface area contributed by atoms with Crippen molar-refractivity contribution in [3.63, 3.8) is 0 Å². The van der Waals surface area contributed by atoms with Crippen molar-refractivity contribution in [1.29, 1.82) is 0 Å². The zero-order valence-corrected chi connectivity index (χ0v) is 7.31. The molecule has 22 valence electrons. The first kappa shape index (κ1) is 51.3. The van der Waals surface area contributed by atoms with Crippen molar-refractivity contribution in [3.8, 4) is 0 Å². The SMILES string of the molecule is [Ca+2].[Fe+2].[Mg+2].[O-2].[O-2]. The molecule has 0 aliphatic heterocycles. The van der Waals surface area contributed by atoms with E-state index in [1.54, 1.807) is 0 Å². The molecule has 5 heteroatoms. The Labute approximate surface area is 87.3 Å². The molecule has 0 atom stereocenters. The Balaban J connectivity index is 0. The van der Waals surface area contributed by atoms with E-state index in [2.05, 4.69) is 0 Å². The van der Waals surface area contributed by atoms with E-state index in [1.807, 2.05) is 0 Å². The maximum Gasteiger partial charge on any atom is 2.00 e. The third kappa shape index (κ3) is 21.2. The van der Waals surface area contributed by atoms with Crippen LogP contribution in [0.4, 0.5) is 0 Å². The first-order valence-corrected chi connectivity index (χ1v) is 0. The van der Waals surface area contributed by atoms with Crippen molar-refractivity contribution in [2.75, 3.05) is 0 Å². The Morgan fingerprint density at radius 2 is 0.800 bits per heavy atom. The summed E-state index contributed by atoms with van der Waals surface area (Å²) < 4.78 is 0. The second-order valence-corrected chi connectivity index (χ2v) is 0. The monoisotopic (exact) mass is 152 g/mol. The van der Waals surface area contributed by atoms with Crippen molar-refractivity contribution < 1.29 is 28.0 Å². The van der Waals surface area contributed by atoms with Gasteiger partial charge in [-0.25, -0.2) is 0 Å². The van der Waals surface area contributed by atoms with E-state index in [0.717, 1.165) is 0 Å². The molecule has 0 N–H and O–H groups in total. The molecule has 0 aromatic heterocycles. The zero-order valence-electron chi connectivity index (χ0n) is 2.58. The third-order valence-electron chi connectivity index (χ3n) is 0. The second kappa shape index (κ2) is 31.8. The Hall–Kier alpha value is 2.47. The number of hydrogen-bond acceptors (Lipinski definition) is 0. The fourth-order valence-corrected chi connectivity index (χ4v) is 0. The first-order chi connectivity index (χ1) is 0. The van der Waals surface area contributed by atoms with Gasteiger partial charge in [-0.2, -0.15) is 0 Å². The van der Waals surface area contributed by atoms with Crippen molar-refractivity contribution >= 4 is 60.8 Å². The summed E-state index contributed by atoms with van der Waals surface area (Å²) >= 11 is 0. The minimum Gasteiger partial charge on any atom is -2.00 e. The Bertz CT molecular complexity index is 9.61. The van der Waals surface area contributed by atoms with E-state index in [9.17, 15) is 0 Å². The van der Waals surface area contributed by atoms with Crippen LogP contribution in [0, 0.1) is 0 Å². The zero-order chi connectivity index (χ0) is 0. The van der Waals surface area contributed by atoms with Gasteiger partial charge in [-0.15, -0.1) is 0 Å². The van der Waals surface area contributed by atoms with Crippen LogP contribution in [0.15, 0.2) is 0 Å². The molecule has 0 aliphatic rings. The van der Waals surface area contributed by atoms with Crippen LogP contribution in [-0.2, 0) is 28.0 Å². The molecule has 0 aromatic carbocycles. The van der Waals surface area contributed by atoms with E-state index in [-0.39, 0.29) is 88.8 Å². The molecule has 0 fully saturated rings. The van der Waals surface area contributed by atoms with Crippen LogP contribution in [-0.4, -0.2) is 60.8 Å². The summed E-state index contributed by atoms with van der Waals surface area (Å²) in [4.78, 5) is 0. The average molecular weight is 152 g/mol. The minimum absolute atomic E-state index is 0. The molecule has 0 saturated carbocycles. The van der Waals surface area contributed by atoms with Gasteiger partial charge in [-0.1, -0.05) is 0 Å².